The van der Waals surface area contributed by atoms with Gasteiger partial charge in [0.25, 0.3) is 7.23 Å². The summed E-state index contributed by atoms with van der Waals surface area (Å²) in [5, 5.41) is 0. The van der Waals surface area contributed by atoms with Gasteiger partial charge >= 0.3 is 0 Å². The Kier molecular flexibility index (Phi) is 4.09. The number of rotatable bonds is 4. The third kappa shape index (κ3) is 3.44. The van der Waals surface area contributed by atoms with Crippen LogP contribution in [-0.2, 0) is 4.57 Å². The van der Waals surface area contributed by atoms with E-state index in [1.54, 1.807) is 12.1 Å². The van der Waals surface area contributed by atoms with E-state index < -0.39 is 7.23 Å². The number of hydrogen-bond donors (Lipinski definition) is 0. The van der Waals surface area contributed by atoms with E-state index in [1.807, 2.05) is 48.5 Å². The van der Waals surface area contributed by atoms with Crippen LogP contribution < -0.4 is 4.52 Å². The van der Waals surface area contributed by atoms with Crippen LogP contribution in [0, 0.1) is 0 Å². The summed E-state index contributed by atoms with van der Waals surface area (Å²) >= 11 is 1.26. The molecule has 0 heterocycles. The van der Waals surface area contributed by atoms with Crippen LogP contribution in [-0.4, -0.2) is 0 Å². The van der Waals surface area contributed by atoms with E-state index in [0.717, 1.165) is 4.90 Å². The monoisotopic (exact) mass is 250 g/mol. The van der Waals surface area contributed by atoms with Crippen LogP contribution in [0.15, 0.2) is 65.6 Å². The van der Waals surface area contributed by atoms with Crippen LogP contribution in [0.5, 0.6) is 5.75 Å². The molecule has 0 aliphatic heterocycles. The largest absolute Gasteiger partial charge is 0.438 e. The molecule has 0 fully saturated rings. The summed E-state index contributed by atoms with van der Waals surface area (Å²) in [5.41, 5.74) is 0. The molecule has 4 heteroatoms. The maximum Gasteiger partial charge on any atom is 0.296 e. The van der Waals surface area contributed by atoms with Crippen molar-refractivity contribution in [1.82, 2.24) is 0 Å². The van der Waals surface area contributed by atoms with Crippen molar-refractivity contribution >= 4 is 18.6 Å². The van der Waals surface area contributed by atoms with Crippen LogP contribution >= 0.6 is 18.6 Å². The molecule has 0 aromatic heterocycles. The Morgan fingerprint density at radius 3 is 2.06 bits per heavy atom. The highest BCUT2D eigenvalue weighted by Gasteiger charge is 2.03. The molecule has 0 bridgehead atoms. The minimum Gasteiger partial charge on any atom is -0.438 e. The van der Waals surface area contributed by atoms with Gasteiger partial charge in [-0.25, -0.2) is 0 Å². The van der Waals surface area contributed by atoms with Gasteiger partial charge in [-0.1, -0.05) is 36.4 Å². The summed E-state index contributed by atoms with van der Waals surface area (Å²) in [6, 6.07) is 18.8. The summed E-state index contributed by atoms with van der Waals surface area (Å²) in [7, 11) is -2.13. The first kappa shape index (κ1) is 11.3. The second kappa shape index (κ2) is 5.78. The topological polar surface area (TPSA) is 26.3 Å². The van der Waals surface area contributed by atoms with Gasteiger partial charge in [-0.15, -0.1) is 0 Å². The van der Waals surface area contributed by atoms with E-state index in [9.17, 15) is 4.57 Å². The van der Waals surface area contributed by atoms with Gasteiger partial charge in [-0.05, 0) is 35.6 Å². The molecule has 0 radical (unpaired) electrons. The summed E-state index contributed by atoms with van der Waals surface area (Å²) in [5.74, 6) is 0.648. The molecule has 0 saturated heterocycles. The fourth-order valence-corrected chi connectivity index (χ4v) is 3.45. The van der Waals surface area contributed by atoms with Crippen LogP contribution in [0.1, 0.15) is 0 Å². The molecule has 2 rings (SSSR count). The van der Waals surface area contributed by atoms with E-state index in [0.29, 0.717) is 5.75 Å². The molecule has 0 spiro atoms. The van der Waals surface area contributed by atoms with Gasteiger partial charge in [0.15, 0.2) is 0 Å². The van der Waals surface area contributed by atoms with Gasteiger partial charge in [0, 0.05) is 4.90 Å². The highest BCUT2D eigenvalue weighted by molar-refractivity contribution is 8.50. The lowest BCUT2D eigenvalue weighted by Crippen LogP contribution is -1.77. The lowest BCUT2D eigenvalue weighted by Gasteiger charge is -2.04. The Labute approximate surface area is 99.3 Å². The zero-order chi connectivity index (χ0) is 11.2. The Morgan fingerprint density at radius 1 is 0.875 bits per heavy atom. The third-order valence-electron chi connectivity index (χ3n) is 1.89. The maximum atomic E-state index is 11.7. The molecule has 0 aliphatic rings. The molecule has 1 unspecified atom stereocenters. The minimum absolute atomic E-state index is 0.648. The average Bonchev–Trinajstić information content (AvgIpc) is 2.31. The minimum atomic E-state index is -2.13. The van der Waals surface area contributed by atoms with Crippen molar-refractivity contribution in [2.45, 2.75) is 4.90 Å². The van der Waals surface area contributed by atoms with E-state index in [1.165, 1.54) is 11.4 Å². The molecule has 1 atom stereocenters. The van der Waals surface area contributed by atoms with E-state index in [-0.39, 0.29) is 0 Å². The van der Waals surface area contributed by atoms with Gasteiger partial charge in [0.05, 0.1) is 0 Å². The molecule has 2 aromatic rings. The molecule has 0 saturated carbocycles. The summed E-state index contributed by atoms with van der Waals surface area (Å²) < 4.78 is 17.0. The quantitative estimate of drug-likeness (QED) is 0.759. The fraction of sp³-hybridized carbons (Fsp3) is 0. The van der Waals surface area contributed by atoms with Gasteiger partial charge in [-0.3, -0.25) is 4.57 Å². The molecule has 2 aromatic carbocycles. The highest BCUT2D eigenvalue weighted by Crippen LogP contribution is 2.44. The molecule has 16 heavy (non-hydrogen) atoms. The zero-order valence-electron chi connectivity index (χ0n) is 8.50. The van der Waals surface area contributed by atoms with Crippen LogP contribution in [0.3, 0.4) is 0 Å². The smallest absolute Gasteiger partial charge is 0.296 e. The van der Waals surface area contributed by atoms with Crippen molar-refractivity contribution in [1.29, 1.82) is 0 Å². The lowest BCUT2D eigenvalue weighted by molar-refractivity contribution is 0.520. The van der Waals surface area contributed by atoms with Gasteiger partial charge < -0.3 is 4.52 Å². The van der Waals surface area contributed by atoms with E-state index >= 15 is 0 Å². The Hall–Kier alpha value is -1.18. The SMILES string of the molecule is O=[PH](Oc1ccccc1)Sc1ccccc1. The Morgan fingerprint density at radius 2 is 1.44 bits per heavy atom. The van der Waals surface area contributed by atoms with Crippen LogP contribution in [0.4, 0.5) is 0 Å². The van der Waals surface area contributed by atoms with Crippen LogP contribution in [0.2, 0.25) is 0 Å². The first-order chi connectivity index (χ1) is 7.84. The van der Waals surface area contributed by atoms with Gasteiger partial charge in [0.1, 0.15) is 5.75 Å². The van der Waals surface area contributed by atoms with Crippen molar-refractivity contribution in [2.24, 2.45) is 0 Å². The third-order valence-corrected chi connectivity index (χ3v) is 4.42. The van der Waals surface area contributed by atoms with Crippen molar-refractivity contribution in [3.63, 3.8) is 0 Å². The molecule has 0 N–H and O–H groups in total. The van der Waals surface area contributed by atoms with Crippen LogP contribution in [0.25, 0.3) is 0 Å². The van der Waals surface area contributed by atoms with Crippen molar-refractivity contribution < 1.29 is 9.09 Å². The molecule has 0 aliphatic carbocycles. The first-order valence-corrected chi connectivity index (χ1v) is 7.70. The average molecular weight is 250 g/mol. The summed E-state index contributed by atoms with van der Waals surface area (Å²) in [4.78, 5) is 0.960. The van der Waals surface area contributed by atoms with Gasteiger partial charge in [-0.2, -0.15) is 0 Å². The van der Waals surface area contributed by atoms with Crippen molar-refractivity contribution in [2.75, 3.05) is 0 Å². The molecular formula is C12H11O2PS. The molecular weight excluding hydrogens is 239 g/mol. The number of para-hydroxylation sites is 1. The normalized spacial score (nSPS) is 12.0. The summed E-state index contributed by atoms with van der Waals surface area (Å²) in [6.45, 7) is 0. The van der Waals surface area contributed by atoms with Crippen molar-refractivity contribution in [3.8, 4) is 5.75 Å². The molecule has 0 amide bonds. The standard InChI is InChI=1S/C12H11O2PS/c13-15(14-11-7-3-1-4-8-11)16-12-9-5-2-6-10-12/h1-10,15H. The predicted molar refractivity (Wildman–Crippen MR) is 68.4 cm³/mol. The Bertz CT molecular complexity index is 415. The lowest BCUT2D eigenvalue weighted by atomic mass is 10.3. The van der Waals surface area contributed by atoms with E-state index in [4.69, 9.17) is 4.52 Å². The highest BCUT2D eigenvalue weighted by atomic mass is 32.7. The number of hydrogen-bond acceptors (Lipinski definition) is 3. The molecule has 2 nitrogen and oxygen atoms in total. The summed E-state index contributed by atoms with van der Waals surface area (Å²) in [6.07, 6.45) is 0. The zero-order valence-corrected chi connectivity index (χ0v) is 10.3. The maximum absolute atomic E-state index is 11.7. The number of benzene rings is 2. The second-order valence-electron chi connectivity index (χ2n) is 3.08. The first-order valence-electron chi connectivity index (χ1n) is 4.84. The van der Waals surface area contributed by atoms with Crippen molar-refractivity contribution in [3.05, 3.63) is 60.7 Å². The second-order valence-corrected chi connectivity index (χ2v) is 6.07. The van der Waals surface area contributed by atoms with E-state index in [2.05, 4.69) is 0 Å². The predicted octanol–water partition coefficient (Wildman–Crippen LogP) is 4.25. The van der Waals surface area contributed by atoms with Gasteiger partial charge in [0.2, 0.25) is 0 Å². The Balaban J connectivity index is 1.95. The molecule has 82 valence electrons. The fourth-order valence-electron chi connectivity index (χ4n) is 1.19.